The molecule has 0 aromatic heterocycles. The molecule has 0 aliphatic rings. The number of nitriles is 1. The summed E-state index contributed by atoms with van der Waals surface area (Å²) in [5, 5.41) is 22.1. The molecule has 0 bridgehead atoms. The monoisotopic (exact) mass is 369 g/mol. The molecule has 0 spiro atoms. The van der Waals surface area contributed by atoms with E-state index in [1.807, 2.05) is 6.07 Å². The first-order valence-electron chi connectivity index (χ1n) is 7.70. The second-order valence-electron chi connectivity index (χ2n) is 5.37. The van der Waals surface area contributed by atoms with Crippen molar-refractivity contribution >= 4 is 23.3 Å². The molecule has 0 unspecified atom stereocenters. The van der Waals surface area contributed by atoms with E-state index >= 15 is 0 Å². The minimum absolute atomic E-state index is 0.0952. The Kier molecular flexibility index (Phi) is 6.06. The molecule has 1 atom stereocenters. The number of amides is 1. The molecule has 27 heavy (non-hydrogen) atoms. The van der Waals surface area contributed by atoms with Crippen LogP contribution in [0, 0.1) is 21.4 Å². The van der Waals surface area contributed by atoms with Gasteiger partial charge in [-0.2, -0.15) is 5.26 Å². The minimum atomic E-state index is -1.15. The topological polar surface area (TPSA) is 132 Å². The molecule has 2 rings (SSSR count). The molecule has 9 nitrogen and oxygen atoms in total. The van der Waals surface area contributed by atoms with Crippen molar-refractivity contribution in [3.63, 3.8) is 0 Å². The summed E-state index contributed by atoms with van der Waals surface area (Å²) >= 11 is 0. The number of esters is 1. The summed E-state index contributed by atoms with van der Waals surface area (Å²) in [6, 6.07) is 11.5. The van der Waals surface area contributed by atoms with E-state index in [0.29, 0.717) is 0 Å². The Bertz CT molecular complexity index is 935. The Labute approximate surface area is 154 Å². The largest absolute Gasteiger partial charge is 0.494 e. The van der Waals surface area contributed by atoms with E-state index in [1.54, 1.807) is 0 Å². The summed E-state index contributed by atoms with van der Waals surface area (Å²) < 4.78 is 10.1. The van der Waals surface area contributed by atoms with E-state index in [-0.39, 0.29) is 28.3 Å². The van der Waals surface area contributed by atoms with Gasteiger partial charge in [-0.25, -0.2) is 4.79 Å². The standard InChI is InChI=1S/C18H15N3O6/c1-11(27-18(23)13-5-3-4-12(8-13)10-19)17(22)20-15-7-6-14(21(24)25)9-16(15)26-2/h3-9,11H,1-2H3,(H,20,22)/t11-/m1/s1. The number of non-ortho nitro benzene ring substituents is 1. The Hall–Kier alpha value is -3.93. The van der Waals surface area contributed by atoms with Crippen LogP contribution in [0.3, 0.4) is 0 Å². The quantitative estimate of drug-likeness (QED) is 0.470. The van der Waals surface area contributed by atoms with Crippen LogP contribution in [-0.2, 0) is 9.53 Å². The lowest BCUT2D eigenvalue weighted by Gasteiger charge is -2.15. The number of anilines is 1. The maximum absolute atomic E-state index is 12.3. The van der Waals surface area contributed by atoms with Crippen LogP contribution >= 0.6 is 0 Å². The van der Waals surface area contributed by atoms with Crippen LogP contribution in [-0.4, -0.2) is 30.0 Å². The third-order valence-electron chi connectivity index (χ3n) is 3.53. The van der Waals surface area contributed by atoms with Gasteiger partial charge in [0.1, 0.15) is 5.75 Å². The second-order valence-corrected chi connectivity index (χ2v) is 5.37. The van der Waals surface area contributed by atoms with Crippen LogP contribution in [0.15, 0.2) is 42.5 Å². The smallest absolute Gasteiger partial charge is 0.338 e. The lowest BCUT2D eigenvalue weighted by Crippen LogP contribution is -2.30. The number of nitrogens with zero attached hydrogens (tertiary/aromatic N) is 2. The second kappa shape index (κ2) is 8.44. The van der Waals surface area contributed by atoms with Gasteiger partial charge in [0.2, 0.25) is 0 Å². The zero-order valence-electron chi connectivity index (χ0n) is 14.5. The molecule has 2 aromatic rings. The number of nitro groups is 1. The lowest BCUT2D eigenvalue weighted by atomic mass is 10.1. The molecule has 2 aromatic carbocycles. The van der Waals surface area contributed by atoms with Crippen LogP contribution in [0.2, 0.25) is 0 Å². The molecule has 138 valence electrons. The predicted octanol–water partition coefficient (Wildman–Crippen LogP) is 2.66. The van der Waals surface area contributed by atoms with E-state index < -0.39 is 22.9 Å². The Balaban J connectivity index is 2.08. The van der Waals surface area contributed by atoms with Gasteiger partial charge in [0.05, 0.1) is 41.0 Å². The first-order chi connectivity index (χ1) is 12.8. The SMILES string of the molecule is COc1cc([N+](=O)[O-])ccc1NC(=O)[C@@H](C)OC(=O)c1cccc(C#N)c1. The predicted molar refractivity (Wildman–Crippen MR) is 94.3 cm³/mol. The lowest BCUT2D eigenvalue weighted by molar-refractivity contribution is -0.384. The number of carbonyl (C=O) groups is 2. The van der Waals surface area contributed by atoms with Crippen molar-refractivity contribution in [2.45, 2.75) is 13.0 Å². The van der Waals surface area contributed by atoms with Gasteiger partial charge < -0.3 is 14.8 Å². The van der Waals surface area contributed by atoms with Gasteiger partial charge in [0.25, 0.3) is 11.6 Å². The normalized spacial score (nSPS) is 11.0. The number of benzene rings is 2. The number of ether oxygens (including phenoxy) is 2. The summed E-state index contributed by atoms with van der Waals surface area (Å²) in [5.74, 6) is -1.31. The maximum atomic E-state index is 12.3. The number of nitrogens with one attached hydrogen (secondary N) is 1. The molecule has 0 saturated carbocycles. The summed E-state index contributed by atoms with van der Waals surface area (Å²) in [7, 11) is 1.31. The summed E-state index contributed by atoms with van der Waals surface area (Å²) in [6.07, 6.45) is -1.15. The summed E-state index contributed by atoms with van der Waals surface area (Å²) in [5.41, 5.74) is 0.433. The molecule has 1 amide bonds. The van der Waals surface area contributed by atoms with Crippen molar-refractivity contribution in [3.05, 3.63) is 63.7 Å². The molecule has 1 N–H and O–H groups in total. The van der Waals surface area contributed by atoms with Crippen LogP contribution in [0.4, 0.5) is 11.4 Å². The minimum Gasteiger partial charge on any atom is -0.494 e. The van der Waals surface area contributed by atoms with Crippen molar-refractivity contribution in [1.29, 1.82) is 5.26 Å². The molecule has 9 heteroatoms. The van der Waals surface area contributed by atoms with E-state index in [0.717, 1.165) is 0 Å². The fraction of sp³-hybridized carbons (Fsp3) is 0.167. The van der Waals surface area contributed by atoms with Gasteiger partial charge in [-0.3, -0.25) is 14.9 Å². The molecule has 0 aliphatic heterocycles. The third kappa shape index (κ3) is 4.79. The van der Waals surface area contributed by atoms with E-state index in [1.165, 1.54) is 56.5 Å². The zero-order chi connectivity index (χ0) is 20.0. The summed E-state index contributed by atoms with van der Waals surface area (Å²) in [6.45, 7) is 1.37. The number of nitro benzene ring substituents is 1. The first kappa shape index (κ1) is 19.4. The van der Waals surface area contributed by atoms with Crippen molar-refractivity contribution < 1.29 is 24.0 Å². The van der Waals surface area contributed by atoms with Gasteiger partial charge in [-0.15, -0.1) is 0 Å². The van der Waals surface area contributed by atoms with E-state index in [4.69, 9.17) is 14.7 Å². The molecule has 0 saturated heterocycles. The van der Waals surface area contributed by atoms with Crippen LogP contribution in [0.1, 0.15) is 22.8 Å². The number of hydrogen-bond donors (Lipinski definition) is 1. The Morgan fingerprint density at radius 3 is 2.63 bits per heavy atom. The fourth-order valence-corrected chi connectivity index (χ4v) is 2.13. The maximum Gasteiger partial charge on any atom is 0.338 e. The van der Waals surface area contributed by atoms with Crippen molar-refractivity contribution in [2.24, 2.45) is 0 Å². The van der Waals surface area contributed by atoms with Crippen LogP contribution in [0.25, 0.3) is 0 Å². The van der Waals surface area contributed by atoms with Gasteiger partial charge in [-0.05, 0) is 31.2 Å². The average Bonchev–Trinajstić information content (AvgIpc) is 2.67. The third-order valence-corrected chi connectivity index (χ3v) is 3.53. The van der Waals surface area contributed by atoms with Crippen molar-refractivity contribution in [3.8, 4) is 11.8 Å². The van der Waals surface area contributed by atoms with Crippen LogP contribution in [0.5, 0.6) is 5.75 Å². The zero-order valence-corrected chi connectivity index (χ0v) is 14.5. The molecule has 0 aliphatic carbocycles. The highest BCUT2D eigenvalue weighted by molar-refractivity contribution is 5.98. The molecule has 0 heterocycles. The van der Waals surface area contributed by atoms with Crippen LogP contribution < -0.4 is 10.1 Å². The average molecular weight is 369 g/mol. The van der Waals surface area contributed by atoms with E-state index in [2.05, 4.69) is 5.32 Å². The molecular formula is C18H15N3O6. The Morgan fingerprint density at radius 1 is 1.26 bits per heavy atom. The first-order valence-corrected chi connectivity index (χ1v) is 7.70. The summed E-state index contributed by atoms with van der Waals surface area (Å²) in [4.78, 5) is 34.6. The molecular weight excluding hydrogens is 354 g/mol. The fourth-order valence-electron chi connectivity index (χ4n) is 2.13. The highest BCUT2D eigenvalue weighted by Crippen LogP contribution is 2.29. The van der Waals surface area contributed by atoms with Gasteiger partial charge in [-0.1, -0.05) is 6.07 Å². The van der Waals surface area contributed by atoms with Crippen molar-refractivity contribution in [2.75, 3.05) is 12.4 Å². The van der Waals surface area contributed by atoms with Crippen molar-refractivity contribution in [1.82, 2.24) is 0 Å². The van der Waals surface area contributed by atoms with Gasteiger partial charge in [0.15, 0.2) is 6.10 Å². The molecule has 0 radical (unpaired) electrons. The van der Waals surface area contributed by atoms with Gasteiger partial charge in [0, 0.05) is 6.07 Å². The van der Waals surface area contributed by atoms with Gasteiger partial charge >= 0.3 is 5.97 Å². The number of methoxy groups -OCH3 is 1. The Morgan fingerprint density at radius 2 is 2.00 bits per heavy atom. The highest BCUT2D eigenvalue weighted by Gasteiger charge is 2.21. The number of carbonyl (C=O) groups excluding carboxylic acids is 2. The molecule has 0 fully saturated rings. The number of rotatable bonds is 6. The van der Waals surface area contributed by atoms with E-state index in [9.17, 15) is 19.7 Å². The number of hydrogen-bond acceptors (Lipinski definition) is 7. The highest BCUT2D eigenvalue weighted by atomic mass is 16.6.